The summed E-state index contributed by atoms with van der Waals surface area (Å²) >= 11 is 12.6. The van der Waals surface area contributed by atoms with Gasteiger partial charge in [0.1, 0.15) is 11.2 Å². The first-order chi connectivity index (χ1) is 18.8. The summed E-state index contributed by atoms with van der Waals surface area (Å²) in [6, 6.07) is 8.52. The Morgan fingerprint density at radius 1 is 1.15 bits per heavy atom. The number of carbonyl (C=O) groups excluding carboxylic acids is 3. The van der Waals surface area contributed by atoms with Gasteiger partial charge < -0.3 is 20.4 Å². The molecule has 0 radical (unpaired) electrons. The van der Waals surface area contributed by atoms with E-state index in [1.165, 1.54) is 6.07 Å². The summed E-state index contributed by atoms with van der Waals surface area (Å²) in [4.78, 5) is 43.4. The predicted octanol–water partition coefficient (Wildman–Crippen LogP) is 6.15. The number of likely N-dealkylation sites (tertiary alicyclic amines) is 2. The molecule has 2 N–H and O–H groups in total. The van der Waals surface area contributed by atoms with Crippen molar-refractivity contribution in [3.8, 4) is 0 Å². The molecule has 40 heavy (non-hydrogen) atoms. The summed E-state index contributed by atoms with van der Waals surface area (Å²) in [5, 5.41) is 6.53. The van der Waals surface area contributed by atoms with Crippen LogP contribution in [0.4, 0.5) is 14.9 Å². The number of nitrogens with zero attached hydrogens (tertiary/aromatic N) is 2. The van der Waals surface area contributed by atoms with Crippen molar-refractivity contribution in [2.24, 2.45) is 11.3 Å². The van der Waals surface area contributed by atoms with E-state index in [2.05, 4.69) is 31.4 Å². The highest BCUT2D eigenvalue weighted by Gasteiger charge is 2.65. The number of halogens is 3. The van der Waals surface area contributed by atoms with Crippen molar-refractivity contribution in [1.82, 2.24) is 15.1 Å². The van der Waals surface area contributed by atoms with E-state index in [1.54, 1.807) is 41.0 Å². The number of amides is 4. The predicted molar refractivity (Wildman–Crippen MR) is 154 cm³/mol. The minimum atomic E-state index is -1.26. The van der Waals surface area contributed by atoms with Crippen LogP contribution in [0.2, 0.25) is 10.0 Å². The minimum Gasteiger partial charge on any atom is -0.343 e. The number of carbonyl (C=O) groups is 3. The molecule has 10 heteroatoms. The Balaban J connectivity index is 1.62. The number of nitrogens with one attached hydrogen (secondary N) is 2. The Hall–Kier alpha value is -2.84. The van der Waals surface area contributed by atoms with Crippen LogP contribution in [0.1, 0.15) is 64.1 Å². The van der Waals surface area contributed by atoms with Crippen LogP contribution in [0, 0.1) is 17.2 Å². The lowest BCUT2D eigenvalue weighted by molar-refractivity contribution is -0.129. The summed E-state index contributed by atoms with van der Waals surface area (Å²) in [6.07, 6.45) is 1.85. The van der Waals surface area contributed by atoms with Gasteiger partial charge in [-0.2, -0.15) is 0 Å². The topological polar surface area (TPSA) is 81.8 Å². The van der Waals surface area contributed by atoms with Gasteiger partial charge in [0.05, 0.1) is 11.1 Å². The molecule has 3 atom stereocenters. The van der Waals surface area contributed by atoms with Gasteiger partial charge in [0.25, 0.3) is 0 Å². The van der Waals surface area contributed by atoms with Gasteiger partial charge in [-0.15, -0.1) is 0 Å². The van der Waals surface area contributed by atoms with E-state index in [0.29, 0.717) is 48.6 Å². The molecule has 3 aliphatic rings. The molecule has 2 aromatic rings. The third kappa shape index (κ3) is 4.94. The Labute approximate surface area is 244 Å². The Bertz CT molecular complexity index is 1350. The van der Waals surface area contributed by atoms with Crippen LogP contribution in [-0.2, 0) is 15.0 Å². The molecule has 2 unspecified atom stereocenters. The highest BCUT2D eigenvalue weighted by atomic mass is 35.5. The first kappa shape index (κ1) is 28.7. The molecule has 0 bridgehead atoms. The first-order valence-corrected chi connectivity index (χ1v) is 14.5. The van der Waals surface area contributed by atoms with Crippen molar-refractivity contribution in [3.05, 3.63) is 63.4 Å². The van der Waals surface area contributed by atoms with Crippen LogP contribution in [0.5, 0.6) is 0 Å². The molecule has 0 saturated carbocycles. The maximum atomic E-state index is 15.9. The van der Waals surface area contributed by atoms with E-state index in [0.717, 1.165) is 0 Å². The molecule has 0 aromatic heterocycles. The summed E-state index contributed by atoms with van der Waals surface area (Å²) in [5.74, 6) is -1.23. The molecule has 3 heterocycles. The van der Waals surface area contributed by atoms with Gasteiger partial charge >= 0.3 is 6.03 Å². The van der Waals surface area contributed by atoms with Gasteiger partial charge in [-0.3, -0.25) is 9.59 Å². The maximum Gasteiger partial charge on any atom is 0.318 e. The van der Waals surface area contributed by atoms with Crippen LogP contribution in [-0.4, -0.2) is 53.3 Å². The van der Waals surface area contributed by atoms with Gasteiger partial charge in [0.2, 0.25) is 11.8 Å². The van der Waals surface area contributed by atoms with E-state index < -0.39 is 17.3 Å². The third-order valence-corrected chi connectivity index (χ3v) is 9.05. The fourth-order valence-corrected chi connectivity index (χ4v) is 7.22. The first-order valence-electron chi connectivity index (χ1n) is 13.7. The third-order valence-electron chi connectivity index (χ3n) is 8.52. The van der Waals surface area contributed by atoms with Gasteiger partial charge in [0.15, 0.2) is 0 Å². The molecule has 1 spiro atoms. The highest BCUT2D eigenvalue weighted by molar-refractivity contribution is 6.31. The second kappa shape index (κ2) is 10.5. The van der Waals surface area contributed by atoms with Crippen molar-refractivity contribution in [3.63, 3.8) is 0 Å². The molecule has 3 aliphatic heterocycles. The SMILES string of the molecule is CC(=O)N1CCC(NC(=O)N2CC(CC(C)(C)C)[C@@]3(C(=O)Nc4cc(Cl)ccc43)C2c2cccc(Cl)c2F)CC1. The molecule has 2 aromatic carbocycles. The average molecular weight is 590 g/mol. The van der Waals surface area contributed by atoms with Gasteiger partial charge in [-0.05, 0) is 54.4 Å². The van der Waals surface area contributed by atoms with Crippen molar-refractivity contribution < 1.29 is 18.8 Å². The number of piperidine rings is 1. The van der Waals surface area contributed by atoms with Crippen LogP contribution >= 0.6 is 23.2 Å². The number of hydrogen-bond donors (Lipinski definition) is 2. The second-order valence-electron chi connectivity index (χ2n) is 12.4. The normalized spacial score (nSPS) is 24.8. The fourth-order valence-electron chi connectivity index (χ4n) is 6.87. The number of benzene rings is 2. The van der Waals surface area contributed by atoms with Crippen LogP contribution in [0.15, 0.2) is 36.4 Å². The van der Waals surface area contributed by atoms with Crippen molar-refractivity contribution in [2.75, 3.05) is 25.0 Å². The molecule has 4 amide bonds. The highest BCUT2D eigenvalue weighted by Crippen LogP contribution is 2.60. The lowest BCUT2D eigenvalue weighted by Crippen LogP contribution is -2.51. The molecular formula is C30H35Cl2FN4O3. The van der Waals surface area contributed by atoms with E-state index in [4.69, 9.17) is 23.2 Å². The van der Waals surface area contributed by atoms with E-state index in [9.17, 15) is 14.4 Å². The van der Waals surface area contributed by atoms with Crippen molar-refractivity contribution in [1.29, 1.82) is 0 Å². The Kier molecular flexibility index (Phi) is 7.55. The lowest BCUT2D eigenvalue weighted by Gasteiger charge is -2.39. The van der Waals surface area contributed by atoms with Crippen LogP contribution in [0.25, 0.3) is 0 Å². The van der Waals surface area contributed by atoms with Gasteiger partial charge in [0, 0.05) is 48.9 Å². The van der Waals surface area contributed by atoms with Crippen molar-refractivity contribution in [2.45, 2.75) is 64.5 Å². The molecule has 2 fully saturated rings. The lowest BCUT2D eigenvalue weighted by atomic mass is 9.63. The van der Waals surface area contributed by atoms with E-state index in [-0.39, 0.29) is 52.4 Å². The van der Waals surface area contributed by atoms with Gasteiger partial charge in [-0.25, -0.2) is 9.18 Å². The molecule has 5 rings (SSSR count). The molecule has 0 aliphatic carbocycles. The molecular weight excluding hydrogens is 554 g/mol. The maximum absolute atomic E-state index is 15.9. The number of urea groups is 1. The summed E-state index contributed by atoms with van der Waals surface area (Å²) < 4.78 is 15.9. The molecule has 2 saturated heterocycles. The summed E-state index contributed by atoms with van der Waals surface area (Å²) in [7, 11) is 0. The van der Waals surface area contributed by atoms with E-state index >= 15 is 4.39 Å². The molecule has 7 nitrogen and oxygen atoms in total. The quantitative estimate of drug-likeness (QED) is 0.451. The van der Waals surface area contributed by atoms with Crippen LogP contribution < -0.4 is 10.6 Å². The average Bonchev–Trinajstić information content (AvgIpc) is 3.35. The summed E-state index contributed by atoms with van der Waals surface area (Å²) in [5.41, 5.74) is 0.0293. The smallest absolute Gasteiger partial charge is 0.318 e. The largest absolute Gasteiger partial charge is 0.343 e. The zero-order chi connectivity index (χ0) is 29.0. The minimum absolute atomic E-state index is 0.0128. The van der Waals surface area contributed by atoms with Crippen LogP contribution in [0.3, 0.4) is 0 Å². The second-order valence-corrected chi connectivity index (χ2v) is 13.2. The zero-order valence-corrected chi connectivity index (χ0v) is 24.7. The number of hydrogen-bond acceptors (Lipinski definition) is 3. The standard InChI is InChI=1S/C30H35Cl2FN4O3/c1-17(38)36-12-10-20(11-13-36)34-28(40)37-16-18(15-29(2,3)4)30(26(37)21-6-5-7-23(32)25(21)33)22-9-8-19(31)14-24(22)35-27(30)39/h5-9,14,18,20,26H,10-13,15-16H2,1-4H3,(H,34,40)(H,35,39)/t18?,26?,30-/m0/s1. The van der Waals surface area contributed by atoms with Gasteiger partial charge in [-0.1, -0.05) is 62.2 Å². The Morgan fingerprint density at radius 3 is 2.50 bits per heavy atom. The number of anilines is 1. The number of rotatable bonds is 3. The van der Waals surface area contributed by atoms with Crippen molar-refractivity contribution >= 4 is 46.7 Å². The monoisotopic (exact) mass is 588 g/mol. The fraction of sp³-hybridized carbons (Fsp3) is 0.500. The Morgan fingerprint density at radius 2 is 1.85 bits per heavy atom. The number of fused-ring (bicyclic) bond motifs is 2. The molecule has 214 valence electrons. The summed E-state index contributed by atoms with van der Waals surface area (Å²) in [6.45, 7) is 9.19. The zero-order valence-electron chi connectivity index (χ0n) is 23.2. The van der Waals surface area contributed by atoms with E-state index in [1.807, 2.05) is 6.07 Å².